The molecule has 5 nitrogen and oxygen atoms in total. The van der Waals surface area contributed by atoms with Gasteiger partial charge in [-0.25, -0.2) is 16.8 Å². The van der Waals surface area contributed by atoms with E-state index in [0.29, 0.717) is 21.2 Å². The van der Waals surface area contributed by atoms with E-state index in [1.807, 2.05) is 27.7 Å². The van der Waals surface area contributed by atoms with Crippen molar-refractivity contribution in [2.45, 2.75) is 54.7 Å². The van der Waals surface area contributed by atoms with Gasteiger partial charge in [0.25, 0.3) is 10.0 Å². The molecule has 0 heterocycles. The van der Waals surface area contributed by atoms with Crippen molar-refractivity contribution in [3.05, 3.63) is 82.4 Å². The molecule has 0 aliphatic heterocycles. The highest BCUT2D eigenvalue weighted by molar-refractivity contribution is 8.72. The van der Waals surface area contributed by atoms with Crippen molar-refractivity contribution in [1.82, 2.24) is 0 Å². The van der Waals surface area contributed by atoms with E-state index in [0.717, 1.165) is 21.9 Å². The highest BCUT2D eigenvalue weighted by Crippen LogP contribution is 2.41. The summed E-state index contributed by atoms with van der Waals surface area (Å²) >= 11 is 5.87. The third-order valence-electron chi connectivity index (χ3n) is 5.01. The number of hydrogen-bond acceptors (Lipinski definition) is 5. The fraction of sp³-hybridized carbons (Fsp3) is 0.250. The van der Waals surface area contributed by atoms with Crippen LogP contribution in [0.2, 0.25) is 5.02 Å². The van der Waals surface area contributed by atoms with Crippen LogP contribution in [0.15, 0.2) is 75.4 Å². The molecular weight excluding hydrogens is 498 g/mol. The van der Waals surface area contributed by atoms with Crippen LogP contribution < -0.4 is 4.72 Å². The van der Waals surface area contributed by atoms with Gasteiger partial charge in [-0.1, -0.05) is 50.1 Å². The molecule has 0 bridgehead atoms. The van der Waals surface area contributed by atoms with Crippen LogP contribution in [0.4, 0.5) is 5.69 Å². The van der Waals surface area contributed by atoms with Crippen LogP contribution in [0.25, 0.3) is 0 Å². The second kappa shape index (κ2) is 9.33. The van der Waals surface area contributed by atoms with E-state index in [1.54, 1.807) is 43.3 Å². The van der Waals surface area contributed by atoms with Crippen LogP contribution in [-0.2, 0) is 24.3 Å². The lowest BCUT2D eigenvalue weighted by Gasteiger charge is -2.25. The van der Waals surface area contributed by atoms with Gasteiger partial charge in [0.2, 0.25) is 8.87 Å². The van der Waals surface area contributed by atoms with Crippen LogP contribution in [0.1, 0.15) is 37.5 Å². The Balaban J connectivity index is 2.03. The molecule has 0 unspecified atom stereocenters. The molecular formula is C24H26ClNO4S3. The molecule has 33 heavy (non-hydrogen) atoms. The molecule has 0 aromatic heterocycles. The van der Waals surface area contributed by atoms with E-state index >= 15 is 0 Å². The van der Waals surface area contributed by atoms with E-state index in [2.05, 4.69) is 4.72 Å². The van der Waals surface area contributed by atoms with Gasteiger partial charge in [-0.3, -0.25) is 4.72 Å². The van der Waals surface area contributed by atoms with Gasteiger partial charge in [-0.2, -0.15) is 0 Å². The summed E-state index contributed by atoms with van der Waals surface area (Å²) in [5.41, 5.74) is 2.28. The van der Waals surface area contributed by atoms with Gasteiger partial charge in [0.05, 0.1) is 15.5 Å². The van der Waals surface area contributed by atoms with Gasteiger partial charge in [-0.15, -0.1) is 0 Å². The molecule has 3 rings (SSSR count). The summed E-state index contributed by atoms with van der Waals surface area (Å²) in [7, 11) is -6.73. The molecule has 0 fully saturated rings. The Kier molecular flexibility index (Phi) is 7.24. The number of halogens is 1. The minimum absolute atomic E-state index is 0.0870. The highest BCUT2D eigenvalue weighted by Gasteiger charge is 2.26. The molecule has 9 heteroatoms. The average Bonchev–Trinajstić information content (AvgIpc) is 2.69. The Hall–Kier alpha value is -2.00. The van der Waals surface area contributed by atoms with Crippen LogP contribution >= 0.6 is 22.4 Å². The SMILES string of the molecule is Cc1ccc(S(=O)(=O)Sc2cc(C)c(NS(=O)(=O)c3ccc(Cl)cc3)cc2C(C)(C)C)cc1. The Morgan fingerprint density at radius 2 is 1.36 bits per heavy atom. The van der Waals surface area contributed by atoms with Gasteiger partial charge < -0.3 is 0 Å². The summed E-state index contributed by atoms with van der Waals surface area (Å²) in [4.78, 5) is 0.877. The standard InChI is InChI=1S/C24H26ClNO4S3/c1-16-6-10-20(11-7-16)33(29,30)31-23-14-17(2)22(15-21(23)24(3,4)5)26-32(27,28)19-12-8-18(25)9-13-19/h6-15,26H,1-5H3. The number of benzene rings is 3. The molecule has 0 aliphatic rings. The second-order valence-electron chi connectivity index (χ2n) is 8.82. The first-order chi connectivity index (χ1) is 15.2. The van der Waals surface area contributed by atoms with E-state index < -0.39 is 24.3 Å². The van der Waals surface area contributed by atoms with Gasteiger partial charge in [0, 0.05) is 20.7 Å². The number of hydrogen-bond donors (Lipinski definition) is 1. The van der Waals surface area contributed by atoms with Gasteiger partial charge >= 0.3 is 0 Å². The summed E-state index contributed by atoms with van der Waals surface area (Å²) in [5.74, 6) is 0. The Morgan fingerprint density at radius 1 is 0.818 bits per heavy atom. The summed E-state index contributed by atoms with van der Waals surface area (Å²) < 4.78 is 54.6. The van der Waals surface area contributed by atoms with Crippen molar-refractivity contribution in [2.75, 3.05) is 4.72 Å². The lowest BCUT2D eigenvalue weighted by atomic mass is 9.86. The predicted molar refractivity (Wildman–Crippen MR) is 136 cm³/mol. The number of anilines is 1. The maximum Gasteiger partial charge on any atom is 0.261 e. The lowest BCUT2D eigenvalue weighted by Crippen LogP contribution is -2.17. The zero-order valence-electron chi connectivity index (χ0n) is 19.0. The van der Waals surface area contributed by atoms with Crippen molar-refractivity contribution in [3.63, 3.8) is 0 Å². The number of sulfonamides is 1. The largest absolute Gasteiger partial charge is 0.279 e. The predicted octanol–water partition coefficient (Wildman–Crippen LogP) is 6.54. The molecule has 1 N–H and O–H groups in total. The number of aryl methyl sites for hydroxylation is 2. The zero-order chi connectivity index (χ0) is 24.6. The molecule has 0 saturated heterocycles. The topological polar surface area (TPSA) is 80.3 Å². The minimum Gasteiger partial charge on any atom is -0.279 e. The molecule has 3 aromatic carbocycles. The average molecular weight is 524 g/mol. The molecule has 0 spiro atoms. The summed E-state index contributed by atoms with van der Waals surface area (Å²) in [6.45, 7) is 9.51. The molecule has 0 aliphatic carbocycles. The van der Waals surface area contributed by atoms with Crippen molar-refractivity contribution in [1.29, 1.82) is 0 Å². The number of nitrogens with one attached hydrogen (secondary N) is 1. The van der Waals surface area contributed by atoms with Crippen molar-refractivity contribution >= 4 is 47.0 Å². The van der Waals surface area contributed by atoms with Crippen LogP contribution in [-0.4, -0.2) is 16.8 Å². The summed E-state index contributed by atoms with van der Waals surface area (Å²) in [6.07, 6.45) is 0. The van der Waals surface area contributed by atoms with Crippen molar-refractivity contribution < 1.29 is 16.8 Å². The molecule has 0 saturated carbocycles. The first-order valence-electron chi connectivity index (χ1n) is 10.1. The van der Waals surface area contributed by atoms with Gasteiger partial charge in [0.1, 0.15) is 0 Å². The Labute approximate surface area is 204 Å². The van der Waals surface area contributed by atoms with Gasteiger partial charge in [-0.05, 0) is 78.9 Å². The molecule has 3 aromatic rings. The summed E-state index contributed by atoms with van der Waals surface area (Å²) in [6, 6.07) is 16.0. The molecule has 0 radical (unpaired) electrons. The monoisotopic (exact) mass is 523 g/mol. The van der Waals surface area contributed by atoms with Crippen LogP contribution in [0.5, 0.6) is 0 Å². The van der Waals surface area contributed by atoms with E-state index in [-0.39, 0.29) is 9.79 Å². The molecule has 0 amide bonds. The fourth-order valence-electron chi connectivity index (χ4n) is 3.14. The van der Waals surface area contributed by atoms with Crippen molar-refractivity contribution in [3.8, 4) is 0 Å². The normalized spacial score (nSPS) is 12.5. The fourth-order valence-corrected chi connectivity index (χ4v) is 7.61. The van der Waals surface area contributed by atoms with E-state index in [1.165, 1.54) is 24.3 Å². The molecule has 0 atom stereocenters. The third-order valence-corrected chi connectivity index (χ3v) is 10.0. The van der Waals surface area contributed by atoms with E-state index in [4.69, 9.17) is 11.6 Å². The first kappa shape index (κ1) is 25.6. The maximum absolute atomic E-state index is 13.1. The minimum atomic E-state index is -3.84. The quantitative estimate of drug-likeness (QED) is 0.371. The lowest BCUT2D eigenvalue weighted by molar-refractivity contribution is 0.577. The first-order valence-corrected chi connectivity index (χ1v) is 14.8. The number of rotatable bonds is 6. The Bertz CT molecular complexity index is 1380. The summed E-state index contributed by atoms with van der Waals surface area (Å²) in [5, 5.41) is 0.441. The Morgan fingerprint density at radius 3 is 1.91 bits per heavy atom. The smallest absolute Gasteiger partial charge is 0.261 e. The maximum atomic E-state index is 13.1. The molecule has 176 valence electrons. The van der Waals surface area contributed by atoms with Crippen LogP contribution in [0.3, 0.4) is 0 Å². The third kappa shape index (κ3) is 6.12. The van der Waals surface area contributed by atoms with Crippen molar-refractivity contribution in [2.24, 2.45) is 0 Å². The zero-order valence-corrected chi connectivity index (χ0v) is 22.2. The van der Waals surface area contributed by atoms with E-state index in [9.17, 15) is 16.8 Å². The van der Waals surface area contributed by atoms with Crippen LogP contribution in [0, 0.1) is 13.8 Å². The second-order valence-corrected chi connectivity index (χ2v) is 14.7. The highest BCUT2D eigenvalue weighted by atomic mass is 35.5. The van der Waals surface area contributed by atoms with Gasteiger partial charge in [0.15, 0.2) is 0 Å².